The molecular weight excluding hydrogens is 270 g/mol. The summed E-state index contributed by atoms with van der Waals surface area (Å²) in [7, 11) is 0. The van der Waals surface area contributed by atoms with E-state index in [1.807, 2.05) is 20.8 Å². The van der Waals surface area contributed by atoms with Crippen LogP contribution in [0.15, 0.2) is 6.07 Å². The van der Waals surface area contributed by atoms with Gasteiger partial charge >= 0.3 is 5.97 Å². The van der Waals surface area contributed by atoms with Crippen molar-refractivity contribution < 1.29 is 14.6 Å². The third-order valence-electron chi connectivity index (χ3n) is 3.58. The Labute approximate surface area is 125 Å². The predicted molar refractivity (Wildman–Crippen MR) is 79.7 cm³/mol. The smallest absolute Gasteiger partial charge is 0.326 e. The summed E-state index contributed by atoms with van der Waals surface area (Å²) in [5, 5.41) is 9.44. The number of nitrogens with zero attached hydrogens (tertiary/aromatic N) is 3. The molecule has 2 unspecified atom stereocenters. The van der Waals surface area contributed by atoms with Crippen molar-refractivity contribution >= 4 is 11.9 Å². The van der Waals surface area contributed by atoms with Crippen LogP contribution in [-0.4, -0.2) is 39.7 Å². The zero-order valence-electron chi connectivity index (χ0n) is 13.0. The monoisotopic (exact) mass is 293 g/mol. The van der Waals surface area contributed by atoms with E-state index in [9.17, 15) is 9.90 Å². The Morgan fingerprint density at radius 1 is 1.48 bits per heavy atom. The molecule has 1 aromatic rings. The van der Waals surface area contributed by atoms with Gasteiger partial charge in [0.15, 0.2) is 0 Å². The fraction of sp³-hybridized carbons (Fsp3) is 0.667. The number of carboxylic acid groups (broad SMARTS) is 1. The molecule has 0 spiro atoms. The van der Waals surface area contributed by atoms with Crippen molar-refractivity contribution in [2.75, 3.05) is 11.4 Å². The molecule has 6 nitrogen and oxygen atoms in total. The van der Waals surface area contributed by atoms with E-state index >= 15 is 0 Å². The predicted octanol–water partition coefficient (Wildman–Crippen LogP) is 2.26. The highest BCUT2D eigenvalue weighted by molar-refractivity contribution is 5.77. The summed E-state index contributed by atoms with van der Waals surface area (Å²) in [5.74, 6) is 0.525. The zero-order chi connectivity index (χ0) is 15.6. The second-order valence-corrected chi connectivity index (χ2v) is 5.99. The Bertz CT molecular complexity index is 519. The van der Waals surface area contributed by atoms with Gasteiger partial charge < -0.3 is 14.7 Å². The molecule has 1 N–H and O–H groups in total. The third-order valence-corrected chi connectivity index (χ3v) is 3.58. The van der Waals surface area contributed by atoms with Crippen LogP contribution in [0.4, 0.5) is 5.95 Å². The maximum Gasteiger partial charge on any atom is 0.326 e. The van der Waals surface area contributed by atoms with Crippen molar-refractivity contribution in [3.63, 3.8) is 0 Å². The Morgan fingerprint density at radius 3 is 2.81 bits per heavy atom. The van der Waals surface area contributed by atoms with Gasteiger partial charge in [0.1, 0.15) is 6.04 Å². The van der Waals surface area contributed by atoms with E-state index in [0.29, 0.717) is 30.7 Å². The van der Waals surface area contributed by atoms with Gasteiger partial charge in [-0.15, -0.1) is 0 Å². The third kappa shape index (κ3) is 3.83. The van der Waals surface area contributed by atoms with Gasteiger partial charge in [0.05, 0.1) is 6.10 Å². The van der Waals surface area contributed by atoms with E-state index < -0.39 is 12.0 Å². The molecule has 1 saturated heterocycles. The Morgan fingerprint density at radius 2 is 2.19 bits per heavy atom. The molecule has 2 atom stereocenters. The maximum absolute atomic E-state index is 11.5. The molecule has 0 radical (unpaired) electrons. The highest BCUT2D eigenvalue weighted by Crippen LogP contribution is 2.27. The molecule has 1 aromatic heterocycles. The van der Waals surface area contributed by atoms with E-state index in [1.165, 1.54) is 0 Å². The minimum Gasteiger partial charge on any atom is -0.480 e. The van der Waals surface area contributed by atoms with Crippen LogP contribution in [0.3, 0.4) is 0 Å². The van der Waals surface area contributed by atoms with Crippen LogP contribution in [0, 0.1) is 12.8 Å². The van der Waals surface area contributed by atoms with E-state index in [1.54, 1.807) is 11.0 Å². The summed E-state index contributed by atoms with van der Waals surface area (Å²) in [6, 6.07) is 1.20. The SMILES string of the molecule is Cc1cc(OC(C)C)nc(N2CCC(C)CC2C(=O)O)n1. The Balaban J connectivity index is 2.30. The number of carboxylic acids is 1. The van der Waals surface area contributed by atoms with Gasteiger partial charge in [-0.2, -0.15) is 4.98 Å². The van der Waals surface area contributed by atoms with Gasteiger partial charge in [0, 0.05) is 18.3 Å². The first-order chi connectivity index (χ1) is 9.86. The molecule has 21 heavy (non-hydrogen) atoms. The fourth-order valence-corrected chi connectivity index (χ4v) is 2.57. The van der Waals surface area contributed by atoms with E-state index in [0.717, 1.165) is 12.1 Å². The van der Waals surface area contributed by atoms with Crippen LogP contribution in [-0.2, 0) is 4.79 Å². The molecule has 2 rings (SSSR count). The van der Waals surface area contributed by atoms with Crippen molar-refractivity contribution in [3.8, 4) is 5.88 Å². The summed E-state index contributed by atoms with van der Waals surface area (Å²) < 4.78 is 5.62. The van der Waals surface area contributed by atoms with E-state index in [2.05, 4.69) is 16.9 Å². The van der Waals surface area contributed by atoms with Crippen LogP contribution in [0.1, 0.15) is 39.3 Å². The van der Waals surface area contributed by atoms with E-state index in [-0.39, 0.29) is 6.10 Å². The summed E-state index contributed by atoms with van der Waals surface area (Å²) in [6.45, 7) is 8.46. The first kappa shape index (κ1) is 15.5. The number of anilines is 1. The number of piperidine rings is 1. The number of hydrogen-bond acceptors (Lipinski definition) is 5. The van der Waals surface area contributed by atoms with Crippen molar-refractivity contribution in [1.29, 1.82) is 0 Å². The fourth-order valence-electron chi connectivity index (χ4n) is 2.57. The molecule has 116 valence electrons. The summed E-state index contributed by atoms with van der Waals surface area (Å²) in [6.07, 6.45) is 1.58. The quantitative estimate of drug-likeness (QED) is 0.917. The van der Waals surface area contributed by atoms with Gasteiger partial charge in [-0.25, -0.2) is 9.78 Å². The zero-order valence-corrected chi connectivity index (χ0v) is 13.0. The van der Waals surface area contributed by atoms with Crippen LogP contribution >= 0.6 is 0 Å². The summed E-state index contributed by atoms with van der Waals surface area (Å²) >= 11 is 0. The normalized spacial score (nSPS) is 22.4. The molecule has 0 bridgehead atoms. The standard InChI is InChI=1S/C15H23N3O3/c1-9(2)21-13-8-11(4)16-15(17-13)18-6-5-10(3)7-12(18)14(19)20/h8-10,12H,5-7H2,1-4H3,(H,19,20). The van der Waals surface area contributed by atoms with Crippen LogP contribution in [0.5, 0.6) is 5.88 Å². The maximum atomic E-state index is 11.5. The molecular formula is C15H23N3O3. The van der Waals surface area contributed by atoms with Crippen molar-refractivity contribution in [1.82, 2.24) is 9.97 Å². The van der Waals surface area contributed by atoms with Gasteiger partial charge in [-0.05, 0) is 39.5 Å². The highest BCUT2D eigenvalue weighted by Gasteiger charge is 2.33. The molecule has 1 aliphatic rings. The first-order valence-corrected chi connectivity index (χ1v) is 7.38. The lowest BCUT2D eigenvalue weighted by molar-refractivity contribution is -0.139. The van der Waals surface area contributed by atoms with Crippen LogP contribution < -0.4 is 9.64 Å². The molecule has 6 heteroatoms. The second-order valence-electron chi connectivity index (χ2n) is 5.99. The van der Waals surface area contributed by atoms with Gasteiger partial charge in [-0.3, -0.25) is 0 Å². The number of aryl methyl sites for hydroxylation is 1. The lowest BCUT2D eigenvalue weighted by Crippen LogP contribution is -2.47. The molecule has 1 fully saturated rings. The molecule has 1 aliphatic heterocycles. The molecule has 0 amide bonds. The summed E-state index contributed by atoms with van der Waals surface area (Å²) in [4.78, 5) is 22.1. The molecule has 0 aromatic carbocycles. The topological polar surface area (TPSA) is 75.5 Å². The number of aromatic nitrogens is 2. The van der Waals surface area contributed by atoms with Crippen molar-refractivity contribution in [2.24, 2.45) is 5.92 Å². The number of rotatable bonds is 4. The first-order valence-electron chi connectivity index (χ1n) is 7.38. The van der Waals surface area contributed by atoms with Crippen molar-refractivity contribution in [3.05, 3.63) is 11.8 Å². The minimum absolute atomic E-state index is 0.0174. The second kappa shape index (κ2) is 6.28. The average Bonchev–Trinajstić information content (AvgIpc) is 2.36. The molecule has 2 heterocycles. The van der Waals surface area contributed by atoms with E-state index in [4.69, 9.17) is 4.74 Å². The van der Waals surface area contributed by atoms with Gasteiger partial charge in [0.25, 0.3) is 0 Å². The number of hydrogen-bond donors (Lipinski definition) is 1. The van der Waals surface area contributed by atoms with Gasteiger partial charge in [-0.1, -0.05) is 6.92 Å². The lowest BCUT2D eigenvalue weighted by Gasteiger charge is -2.36. The lowest BCUT2D eigenvalue weighted by atomic mass is 9.93. The Hall–Kier alpha value is -1.85. The number of ether oxygens (including phenoxy) is 1. The Kier molecular flexibility index (Phi) is 4.65. The average molecular weight is 293 g/mol. The molecule has 0 aliphatic carbocycles. The van der Waals surface area contributed by atoms with Crippen molar-refractivity contribution in [2.45, 2.75) is 52.7 Å². The summed E-state index contributed by atoms with van der Waals surface area (Å²) in [5.41, 5.74) is 0.776. The van der Waals surface area contributed by atoms with Crippen LogP contribution in [0.2, 0.25) is 0 Å². The van der Waals surface area contributed by atoms with Gasteiger partial charge in [0.2, 0.25) is 11.8 Å². The highest BCUT2D eigenvalue weighted by atomic mass is 16.5. The minimum atomic E-state index is -0.821. The molecule has 0 saturated carbocycles. The number of carbonyl (C=O) groups is 1. The van der Waals surface area contributed by atoms with Crippen LogP contribution in [0.25, 0.3) is 0 Å². The number of aliphatic carboxylic acids is 1. The largest absolute Gasteiger partial charge is 0.480 e.